The van der Waals surface area contributed by atoms with Crippen molar-refractivity contribution in [1.29, 1.82) is 0 Å². The van der Waals surface area contributed by atoms with Crippen molar-refractivity contribution in [2.45, 2.75) is 32.4 Å². The molecule has 0 radical (unpaired) electrons. The molecule has 0 aromatic heterocycles. The van der Waals surface area contributed by atoms with Crippen molar-refractivity contribution in [3.63, 3.8) is 0 Å². The maximum Gasteiger partial charge on any atom is 0.255 e. The lowest BCUT2D eigenvalue weighted by molar-refractivity contribution is -0.132. The average molecular weight is 224 g/mol. The summed E-state index contributed by atoms with van der Waals surface area (Å²) < 4.78 is 0. The second-order valence-corrected chi connectivity index (χ2v) is 4.52. The summed E-state index contributed by atoms with van der Waals surface area (Å²) >= 11 is 0. The number of amidine groups is 1. The third-order valence-electron chi connectivity index (χ3n) is 2.37. The first kappa shape index (κ1) is 12.5. The quantitative estimate of drug-likeness (QED) is 0.709. The summed E-state index contributed by atoms with van der Waals surface area (Å²) in [5.41, 5.74) is -0.803. The summed E-state index contributed by atoms with van der Waals surface area (Å²) in [4.78, 5) is 18.1. The molecule has 5 nitrogen and oxygen atoms in total. The van der Waals surface area contributed by atoms with Gasteiger partial charge in [0.2, 0.25) is 0 Å². The third kappa shape index (κ3) is 2.35. The molecule has 0 aliphatic carbocycles. The van der Waals surface area contributed by atoms with Crippen molar-refractivity contribution < 1.29 is 4.79 Å². The number of hydrogen-bond acceptors (Lipinski definition) is 3. The fourth-order valence-electron chi connectivity index (χ4n) is 1.58. The van der Waals surface area contributed by atoms with Gasteiger partial charge in [0.1, 0.15) is 5.84 Å². The molecular weight excluding hydrogens is 204 g/mol. The smallest absolute Gasteiger partial charge is 0.255 e. The van der Waals surface area contributed by atoms with Crippen LogP contribution < -0.4 is 10.6 Å². The van der Waals surface area contributed by atoms with Crippen molar-refractivity contribution in [2.75, 3.05) is 14.1 Å². The molecular formula is C11H20N4O. The predicted molar refractivity (Wildman–Crippen MR) is 65.1 cm³/mol. The first-order valence-corrected chi connectivity index (χ1v) is 5.37. The monoisotopic (exact) mass is 224 g/mol. The number of carbonyl (C=O) groups excluding carboxylic acids is 1. The maximum absolute atomic E-state index is 12.1. The Morgan fingerprint density at radius 1 is 1.44 bits per heavy atom. The van der Waals surface area contributed by atoms with E-state index in [4.69, 9.17) is 0 Å². The molecule has 0 spiro atoms. The summed E-state index contributed by atoms with van der Waals surface area (Å²) in [7, 11) is 3.47. The molecule has 1 atom stereocenters. The van der Waals surface area contributed by atoms with Gasteiger partial charge in [-0.05, 0) is 20.8 Å². The normalized spacial score (nSPS) is 26.5. The zero-order chi connectivity index (χ0) is 12.3. The fourth-order valence-corrected chi connectivity index (χ4v) is 1.58. The molecule has 0 saturated heterocycles. The highest BCUT2D eigenvalue weighted by molar-refractivity contribution is 6.12. The van der Waals surface area contributed by atoms with Crippen molar-refractivity contribution in [1.82, 2.24) is 15.5 Å². The van der Waals surface area contributed by atoms with Crippen LogP contribution in [-0.4, -0.2) is 42.3 Å². The van der Waals surface area contributed by atoms with E-state index in [9.17, 15) is 4.79 Å². The van der Waals surface area contributed by atoms with E-state index in [1.807, 2.05) is 20.8 Å². The van der Waals surface area contributed by atoms with Gasteiger partial charge in [-0.3, -0.25) is 9.79 Å². The third-order valence-corrected chi connectivity index (χ3v) is 2.37. The van der Waals surface area contributed by atoms with Crippen molar-refractivity contribution in [2.24, 2.45) is 4.99 Å². The Morgan fingerprint density at radius 3 is 2.56 bits per heavy atom. The van der Waals surface area contributed by atoms with Crippen LogP contribution >= 0.6 is 0 Å². The molecule has 1 heterocycles. The SMILES string of the molecule is CC(C)N=C1NC=CNC1(C)C(=O)N(C)C. The van der Waals surface area contributed by atoms with E-state index < -0.39 is 5.54 Å². The predicted octanol–water partition coefficient (Wildman–Crippen LogP) is 0.304. The first-order chi connectivity index (χ1) is 7.38. The van der Waals surface area contributed by atoms with E-state index >= 15 is 0 Å². The van der Waals surface area contributed by atoms with Crippen LogP contribution in [0.4, 0.5) is 0 Å². The van der Waals surface area contributed by atoms with Gasteiger partial charge in [0.15, 0.2) is 5.54 Å². The van der Waals surface area contributed by atoms with Crippen molar-refractivity contribution in [3.8, 4) is 0 Å². The van der Waals surface area contributed by atoms with Gasteiger partial charge in [0, 0.05) is 32.5 Å². The van der Waals surface area contributed by atoms with Crippen LogP contribution in [0.25, 0.3) is 0 Å². The molecule has 0 saturated carbocycles. The van der Waals surface area contributed by atoms with Gasteiger partial charge in [-0.15, -0.1) is 0 Å². The number of rotatable bonds is 2. The van der Waals surface area contributed by atoms with Crippen LogP contribution in [0.2, 0.25) is 0 Å². The van der Waals surface area contributed by atoms with E-state index in [2.05, 4.69) is 15.6 Å². The van der Waals surface area contributed by atoms with E-state index in [-0.39, 0.29) is 11.9 Å². The van der Waals surface area contributed by atoms with Crippen LogP contribution in [-0.2, 0) is 4.79 Å². The van der Waals surface area contributed by atoms with Crippen LogP contribution in [0.15, 0.2) is 17.4 Å². The average Bonchev–Trinajstić information content (AvgIpc) is 2.19. The molecule has 0 aromatic carbocycles. The van der Waals surface area contributed by atoms with Gasteiger partial charge in [-0.1, -0.05) is 0 Å². The van der Waals surface area contributed by atoms with Crippen LogP contribution in [0.3, 0.4) is 0 Å². The molecule has 2 N–H and O–H groups in total. The lowest BCUT2D eigenvalue weighted by atomic mass is 9.97. The Morgan fingerprint density at radius 2 is 2.06 bits per heavy atom. The first-order valence-electron chi connectivity index (χ1n) is 5.37. The fraction of sp³-hybridized carbons (Fsp3) is 0.636. The minimum atomic E-state index is -0.803. The number of hydrogen-bond donors (Lipinski definition) is 2. The zero-order valence-corrected chi connectivity index (χ0v) is 10.5. The van der Waals surface area contributed by atoms with Gasteiger partial charge < -0.3 is 15.5 Å². The Labute approximate surface area is 96.6 Å². The van der Waals surface area contributed by atoms with Gasteiger partial charge in [0.25, 0.3) is 5.91 Å². The van der Waals surface area contributed by atoms with Crippen LogP contribution in [0, 0.1) is 0 Å². The topological polar surface area (TPSA) is 56.7 Å². The minimum Gasteiger partial charge on any atom is -0.370 e. The Hall–Kier alpha value is -1.52. The lowest BCUT2D eigenvalue weighted by Crippen LogP contribution is -2.63. The molecule has 5 heteroatoms. The summed E-state index contributed by atoms with van der Waals surface area (Å²) in [5, 5.41) is 6.10. The Kier molecular flexibility index (Phi) is 3.57. The molecule has 0 bridgehead atoms. The number of nitrogens with zero attached hydrogens (tertiary/aromatic N) is 2. The highest BCUT2D eigenvalue weighted by Crippen LogP contribution is 2.13. The Balaban J connectivity index is 3.07. The highest BCUT2D eigenvalue weighted by Gasteiger charge is 2.40. The van der Waals surface area contributed by atoms with Gasteiger partial charge in [-0.2, -0.15) is 0 Å². The second kappa shape index (κ2) is 4.55. The molecule has 1 amide bonds. The Bertz CT molecular complexity index is 333. The van der Waals surface area contributed by atoms with Crippen molar-refractivity contribution >= 4 is 11.7 Å². The van der Waals surface area contributed by atoms with E-state index in [0.29, 0.717) is 5.84 Å². The lowest BCUT2D eigenvalue weighted by Gasteiger charge is -2.35. The summed E-state index contributed by atoms with van der Waals surface area (Å²) in [6.07, 6.45) is 3.46. The molecule has 1 aliphatic rings. The number of amides is 1. The molecule has 90 valence electrons. The van der Waals surface area contributed by atoms with Crippen LogP contribution in [0.1, 0.15) is 20.8 Å². The van der Waals surface area contributed by atoms with Crippen LogP contribution in [0.5, 0.6) is 0 Å². The van der Waals surface area contributed by atoms with Gasteiger partial charge in [0.05, 0.1) is 0 Å². The molecule has 0 aromatic rings. The molecule has 1 unspecified atom stereocenters. The number of likely N-dealkylation sites (N-methyl/N-ethyl adjacent to an activating group) is 1. The highest BCUT2D eigenvalue weighted by atomic mass is 16.2. The van der Waals surface area contributed by atoms with Gasteiger partial charge >= 0.3 is 0 Å². The number of aliphatic imine (C=N–C) groups is 1. The number of nitrogens with one attached hydrogen (secondary N) is 2. The minimum absolute atomic E-state index is 0.0243. The molecule has 0 fully saturated rings. The summed E-state index contributed by atoms with van der Waals surface area (Å²) in [6.45, 7) is 5.79. The molecule has 1 rings (SSSR count). The molecule has 16 heavy (non-hydrogen) atoms. The van der Waals surface area contributed by atoms with Gasteiger partial charge in [-0.25, -0.2) is 0 Å². The zero-order valence-electron chi connectivity index (χ0n) is 10.5. The standard InChI is InChI=1S/C11H20N4O/c1-8(2)14-9-11(3,10(16)15(4)5)13-7-6-12-9/h6-8,13H,1-5H3,(H,12,14). The summed E-state index contributed by atoms with van der Waals surface area (Å²) in [6, 6.07) is 0.144. The van der Waals surface area contributed by atoms with E-state index in [1.165, 1.54) is 0 Å². The van der Waals surface area contributed by atoms with E-state index in [1.54, 1.807) is 31.4 Å². The van der Waals surface area contributed by atoms with Crippen molar-refractivity contribution in [3.05, 3.63) is 12.4 Å². The molecule has 1 aliphatic heterocycles. The largest absolute Gasteiger partial charge is 0.370 e. The summed E-state index contributed by atoms with van der Waals surface area (Å²) in [5.74, 6) is 0.632. The van der Waals surface area contributed by atoms with E-state index in [0.717, 1.165) is 0 Å². The maximum atomic E-state index is 12.1. The number of carbonyl (C=O) groups is 1. The second-order valence-electron chi connectivity index (χ2n) is 4.52.